The van der Waals surface area contributed by atoms with Crippen LogP contribution in [0.15, 0.2) is 0 Å². The minimum absolute atomic E-state index is 0.110. The number of hydrogen-bond acceptors (Lipinski definition) is 6. The second-order valence-corrected chi connectivity index (χ2v) is 9.14. The summed E-state index contributed by atoms with van der Waals surface area (Å²) in [6, 6.07) is 0. The van der Waals surface area contributed by atoms with Gasteiger partial charge in [-0.15, -0.1) is 0 Å². The molecule has 1 saturated heterocycles. The summed E-state index contributed by atoms with van der Waals surface area (Å²) in [5.41, 5.74) is 0. The van der Waals surface area contributed by atoms with Gasteiger partial charge in [0.05, 0.1) is 25.0 Å². The number of hydrogen-bond donors (Lipinski definition) is 1. The molecule has 1 heterocycles. The predicted octanol–water partition coefficient (Wildman–Crippen LogP) is 1.89. The summed E-state index contributed by atoms with van der Waals surface area (Å²) in [6.45, 7) is 7.49. The Morgan fingerprint density at radius 3 is 2.67 bits per heavy atom. The van der Waals surface area contributed by atoms with Gasteiger partial charge < -0.3 is 14.8 Å². The predicted molar refractivity (Wildman–Crippen MR) is 114 cm³/mol. The fourth-order valence-electron chi connectivity index (χ4n) is 3.92. The van der Waals surface area contributed by atoms with Crippen LogP contribution >= 0.6 is 15.9 Å². The van der Waals surface area contributed by atoms with Gasteiger partial charge in [0.15, 0.2) is 0 Å². The Balaban J connectivity index is 1.71. The minimum Gasteiger partial charge on any atom is -0.465 e. The molecule has 170 valence electrons. The molecule has 0 bridgehead atoms. The Bertz CT molecular complexity index is 643. The molecule has 8 nitrogen and oxygen atoms in total. The Morgan fingerprint density at radius 1 is 1.27 bits per heavy atom. The lowest BCUT2D eigenvalue weighted by Gasteiger charge is -2.35. The van der Waals surface area contributed by atoms with Crippen molar-refractivity contribution in [2.24, 2.45) is 23.7 Å². The molecular formula is C21H33BrN2O6. The highest BCUT2D eigenvalue weighted by atomic mass is 79.9. The number of imide groups is 1. The van der Waals surface area contributed by atoms with Gasteiger partial charge in [0.2, 0.25) is 17.7 Å². The second kappa shape index (κ2) is 11.8. The average Bonchev–Trinajstić information content (AvgIpc) is 2.87. The van der Waals surface area contributed by atoms with Gasteiger partial charge in [-0.2, -0.15) is 0 Å². The molecule has 9 heteroatoms. The van der Waals surface area contributed by atoms with Crippen molar-refractivity contribution in [3.8, 4) is 0 Å². The number of carbonyl (C=O) groups is 4. The Hall–Kier alpha value is -1.48. The number of halogens is 1. The highest BCUT2D eigenvalue weighted by Gasteiger charge is 2.58. The number of alkyl halides is 1. The van der Waals surface area contributed by atoms with Gasteiger partial charge >= 0.3 is 5.97 Å². The summed E-state index contributed by atoms with van der Waals surface area (Å²) >= 11 is 3.28. The summed E-state index contributed by atoms with van der Waals surface area (Å²) < 4.78 is 10.6. The average molecular weight is 489 g/mol. The van der Waals surface area contributed by atoms with E-state index in [1.165, 1.54) is 4.90 Å². The van der Waals surface area contributed by atoms with Crippen LogP contribution in [-0.4, -0.2) is 66.3 Å². The molecule has 1 saturated carbocycles. The molecule has 0 radical (unpaired) electrons. The van der Waals surface area contributed by atoms with Crippen LogP contribution < -0.4 is 5.32 Å². The number of fused-ring (bicyclic) bond motifs is 1. The topological polar surface area (TPSA) is 102 Å². The summed E-state index contributed by atoms with van der Waals surface area (Å²) in [6.07, 6.45) is 2.75. The SMILES string of the molecule is CCCCOC(=O)C(Br)CC(C)C(=O)NCCN1C(=O)C2CC(COCC)C2C1=O. The molecule has 0 aromatic rings. The highest BCUT2D eigenvalue weighted by Crippen LogP contribution is 2.47. The molecule has 5 unspecified atom stereocenters. The van der Waals surface area contributed by atoms with E-state index in [0.717, 1.165) is 12.8 Å². The third-order valence-corrected chi connectivity index (χ3v) is 6.56. The van der Waals surface area contributed by atoms with Gasteiger partial charge in [0.1, 0.15) is 4.83 Å². The monoisotopic (exact) mass is 488 g/mol. The zero-order valence-electron chi connectivity index (χ0n) is 18.0. The zero-order chi connectivity index (χ0) is 22.3. The summed E-state index contributed by atoms with van der Waals surface area (Å²) in [7, 11) is 0. The lowest BCUT2D eigenvalue weighted by molar-refractivity contribution is -0.144. The zero-order valence-corrected chi connectivity index (χ0v) is 19.6. The maximum Gasteiger partial charge on any atom is 0.319 e. The minimum atomic E-state index is -0.547. The molecule has 0 aromatic carbocycles. The number of rotatable bonds is 13. The molecule has 1 aliphatic carbocycles. The van der Waals surface area contributed by atoms with E-state index in [4.69, 9.17) is 9.47 Å². The standard InChI is InChI=1S/C21H33BrN2O6/c1-4-6-9-30-21(28)16(22)10-13(3)18(25)23-7-8-24-19(26)15-11-14(12-29-5-2)17(15)20(24)27/h13-17H,4-12H2,1-3H3,(H,23,25). The third-order valence-electron chi connectivity index (χ3n) is 5.81. The summed E-state index contributed by atoms with van der Waals surface area (Å²) in [5.74, 6) is -1.69. The van der Waals surface area contributed by atoms with E-state index >= 15 is 0 Å². The molecule has 2 aliphatic rings. The molecule has 2 fully saturated rings. The number of esters is 1. The van der Waals surface area contributed by atoms with Crippen LogP contribution in [0, 0.1) is 23.7 Å². The Labute approximate surface area is 186 Å². The molecular weight excluding hydrogens is 456 g/mol. The first-order valence-electron chi connectivity index (χ1n) is 10.8. The van der Waals surface area contributed by atoms with Gasteiger partial charge in [0, 0.05) is 25.6 Å². The second-order valence-electron chi connectivity index (χ2n) is 8.03. The smallest absolute Gasteiger partial charge is 0.319 e. The molecule has 0 spiro atoms. The van der Waals surface area contributed by atoms with Gasteiger partial charge in [0.25, 0.3) is 0 Å². The first-order valence-corrected chi connectivity index (χ1v) is 11.7. The lowest BCUT2D eigenvalue weighted by atomic mass is 9.66. The van der Waals surface area contributed by atoms with E-state index in [-0.39, 0.29) is 54.5 Å². The fourth-order valence-corrected chi connectivity index (χ4v) is 4.61. The molecule has 2 rings (SSSR count). The van der Waals surface area contributed by atoms with Crippen molar-refractivity contribution in [1.82, 2.24) is 10.2 Å². The van der Waals surface area contributed by atoms with E-state index < -0.39 is 10.7 Å². The quantitative estimate of drug-likeness (QED) is 0.184. The lowest BCUT2D eigenvalue weighted by Crippen LogP contribution is -2.41. The molecule has 1 aliphatic heterocycles. The van der Waals surface area contributed by atoms with Crippen molar-refractivity contribution in [1.29, 1.82) is 0 Å². The van der Waals surface area contributed by atoms with Crippen LogP contribution in [0.2, 0.25) is 0 Å². The van der Waals surface area contributed by atoms with Crippen molar-refractivity contribution in [2.45, 2.75) is 51.3 Å². The Morgan fingerprint density at radius 2 is 2.00 bits per heavy atom. The first-order chi connectivity index (χ1) is 14.3. The van der Waals surface area contributed by atoms with Crippen LogP contribution in [0.1, 0.15) is 46.5 Å². The number of carbonyl (C=O) groups excluding carboxylic acids is 4. The number of nitrogens with one attached hydrogen (secondary N) is 1. The maximum absolute atomic E-state index is 12.6. The number of likely N-dealkylation sites (tertiary alicyclic amines) is 1. The van der Waals surface area contributed by atoms with Crippen molar-refractivity contribution in [3.05, 3.63) is 0 Å². The largest absolute Gasteiger partial charge is 0.465 e. The normalized spacial score (nSPS) is 24.8. The van der Waals surface area contributed by atoms with Crippen LogP contribution in [0.3, 0.4) is 0 Å². The van der Waals surface area contributed by atoms with Gasteiger partial charge in [-0.3, -0.25) is 24.1 Å². The number of nitrogens with zero attached hydrogens (tertiary/aromatic N) is 1. The van der Waals surface area contributed by atoms with E-state index in [1.54, 1.807) is 6.92 Å². The summed E-state index contributed by atoms with van der Waals surface area (Å²) in [5, 5.41) is 2.76. The van der Waals surface area contributed by atoms with Crippen molar-refractivity contribution in [3.63, 3.8) is 0 Å². The first kappa shape index (κ1) is 24.8. The van der Waals surface area contributed by atoms with Crippen molar-refractivity contribution >= 4 is 39.6 Å². The van der Waals surface area contributed by atoms with Gasteiger partial charge in [-0.25, -0.2) is 0 Å². The Kier molecular flexibility index (Phi) is 9.74. The third kappa shape index (κ3) is 6.03. The molecule has 5 atom stereocenters. The molecule has 0 aromatic heterocycles. The summed E-state index contributed by atoms with van der Waals surface area (Å²) in [4.78, 5) is 49.9. The fraction of sp³-hybridized carbons (Fsp3) is 0.810. The van der Waals surface area contributed by atoms with Gasteiger partial charge in [-0.05, 0) is 32.1 Å². The maximum atomic E-state index is 12.6. The van der Waals surface area contributed by atoms with Crippen LogP contribution in [-0.2, 0) is 28.7 Å². The van der Waals surface area contributed by atoms with Crippen molar-refractivity contribution < 1.29 is 28.7 Å². The number of amides is 3. The van der Waals surface area contributed by atoms with E-state index in [9.17, 15) is 19.2 Å². The van der Waals surface area contributed by atoms with Crippen LogP contribution in [0.5, 0.6) is 0 Å². The highest BCUT2D eigenvalue weighted by molar-refractivity contribution is 9.10. The van der Waals surface area contributed by atoms with Crippen LogP contribution in [0.25, 0.3) is 0 Å². The number of ether oxygens (including phenoxy) is 2. The van der Waals surface area contributed by atoms with Crippen LogP contribution in [0.4, 0.5) is 0 Å². The van der Waals surface area contributed by atoms with E-state index in [0.29, 0.717) is 32.7 Å². The van der Waals surface area contributed by atoms with E-state index in [1.807, 2.05) is 13.8 Å². The number of unbranched alkanes of at least 4 members (excludes halogenated alkanes) is 1. The molecule has 1 N–H and O–H groups in total. The van der Waals surface area contributed by atoms with Gasteiger partial charge in [-0.1, -0.05) is 36.2 Å². The molecule has 3 amide bonds. The van der Waals surface area contributed by atoms with E-state index in [2.05, 4.69) is 21.2 Å². The molecule has 30 heavy (non-hydrogen) atoms. The van der Waals surface area contributed by atoms with Crippen molar-refractivity contribution in [2.75, 3.05) is 32.9 Å².